The van der Waals surface area contributed by atoms with Gasteiger partial charge >= 0.3 is 0 Å². The van der Waals surface area contributed by atoms with E-state index in [1.54, 1.807) is 12.1 Å². The quantitative estimate of drug-likeness (QED) is 0.786. The van der Waals surface area contributed by atoms with Crippen LogP contribution in [0.3, 0.4) is 0 Å². The van der Waals surface area contributed by atoms with Crippen LogP contribution in [-0.4, -0.2) is 42.9 Å². The Morgan fingerprint density at radius 3 is 2.67 bits per heavy atom. The molecule has 10 heteroatoms. The van der Waals surface area contributed by atoms with E-state index in [0.29, 0.717) is 15.5 Å². The summed E-state index contributed by atoms with van der Waals surface area (Å²) in [5.74, 6) is 0.0499. The van der Waals surface area contributed by atoms with E-state index >= 15 is 0 Å². The molecule has 3 rings (SSSR count). The molecule has 7 nitrogen and oxygen atoms in total. The number of nitrogens with zero attached hydrogens (tertiary/aromatic N) is 3. The second-order valence-electron chi connectivity index (χ2n) is 5.61. The first-order valence-corrected chi connectivity index (χ1v) is 10.2. The molecule has 1 aliphatic rings. The highest BCUT2D eigenvalue weighted by molar-refractivity contribution is 9.10. The summed E-state index contributed by atoms with van der Waals surface area (Å²) in [6.07, 6.45) is 2.22. The lowest BCUT2D eigenvalue weighted by Gasteiger charge is -2.13. The minimum atomic E-state index is -3.65. The predicted molar refractivity (Wildman–Crippen MR) is 94.9 cm³/mol. The molecule has 1 amide bonds. The molecule has 1 aromatic carbocycles. The van der Waals surface area contributed by atoms with Crippen LogP contribution in [0.1, 0.15) is 34.1 Å². The number of sulfonamides is 1. The van der Waals surface area contributed by atoms with Crippen molar-refractivity contribution in [3.05, 3.63) is 33.2 Å². The molecule has 1 saturated carbocycles. The fourth-order valence-corrected chi connectivity index (χ4v) is 4.74. The summed E-state index contributed by atoms with van der Waals surface area (Å²) in [6, 6.07) is 4.44. The first kappa shape index (κ1) is 17.5. The Bertz CT molecular complexity index is 891. The van der Waals surface area contributed by atoms with E-state index in [4.69, 9.17) is 0 Å². The van der Waals surface area contributed by atoms with Crippen LogP contribution in [-0.2, 0) is 10.0 Å². The van der Waals surface area contributed by atoms with E-state index in [0.717, 1.165) is 22.2 Å². The topological polar surface area (TPSA) is 92.3 Å². The van der Waals surface area contributed by atoms with Gasteiger partial charge in [-0.25, -0.2) is 12.7 Å². The summed E-state index contributed by atoms with van der Waals surface area (Å²) in [6.45, 7) is 0. The number of amides is 1. The third-order valence-electron chi connectivity index (χ3n) is 3.54. The molecule has 0 saturated heterocycles. The monoisotopic (exact) mass is 430 g/mol. The number of carbonyl (C=O) groups excluding carboxylic acids is 1. The van der Waals surface area contributed by atoms with Crippen LogP contribution in [0.2, 0.25) is 0 Å². The molecule has 0 radical (unpaired) electrons. The highest BCUT2D eigenvalue weighted by Gasteiger charge is 2.28. The first-order valence-electron chi connectivity index (χ1n) is 7.16. The van der Waals surface area contributed by atoms with Gasteiger partial charge in [0.15, 0.2) is 0 Å². The van der Waals surface area contributed by atoms with Crippen LogP contribution in [0, 0.1) is 0 Å². The summed E-state index contributed by atoms with van der Waals surface area (Å²) < 4.78 is 26.1. The SMILES string of the molecule is CN(C)S(=O)(=O)c1cc(C(=O)Nc2nnc(C3CC3)s2)ccc1Br. The Balaban J connectivity index is 1.84. The maximum Gasteiger partial charge on any atom is 0.257 e. The lowest BCUT2D eigenvalue weighted by Crippen LogP contribution is -2.23. The van der Waals surface area contributed by atoms with Gasteiger partial charge in [0.1, 0.15) is 5.01 Å². The standard InChI is InChI=1S/C14H15BrN4O3S2/c1-19(2)24(21,22)11-7-9(5-6-10(11)15)12(20)16-14-18-17-13(23-14)8-3-4-8/h5-8H,3-4H2,1-2H3,(H,16,18,20). The van der Waals surface area contributed by atoms with Gasteiger partial charge in [-0.05, 0) is 47.0 Å². The van der Waals surface area contributed by atoms with Crippen molar-refractivity contribution in [1.82, 2.24) is 14.5 Å². The smallest absolute Gasteiger partial charge is 0.257 e. The van der Waals surface area contributed by atoms with E-state index < -0.39 is 15.9 Å². The van der Waals surface area contributed by atoms with Crippen molar-refractivity contribution in [3.8, 4) is 0 Å². The average Bonchev–Trinajstić information content (AvgIpc) is 3.27. The van der Waals surface area contributed by atoms with Gasteiger partial charge in [0.2, 0.25) is 15.2 Å². The minimum Gasteiger partial charge on any atom is -0.296 e. The predicted octanol–water partition coefficient (Wildman–Crippen LogP) is 2.68. The molecule has 0 atom stereocenters. The first-order chi connectivity index (χ1) is 11.3. The summed E-state index contributed by atoms with van der Waals surface area (Å²) in [5, 5.41) is 12.0. The Hall–Kier alpha value is -1.36. The molecular weight excluding hydrogens is 416 g/mol. The van der Waals surface area contributed by atoms with Crippen molar-refractivity contribution in [2.45, 2.75) is 23.7 Å². The molecule has 1 aromatic heterocycles. The molecule has 1 N–H and O–H groups in total. The van der Waals surface area contributed by atoms with Crippen LogP contribution in [0.4, 0.5) is 5.13 Å². The summed E-state index contributed by atoms with van der Waals surface area (Å²) in [4.78, 5) is 12.4. The lowest BCUT2D eigenvalue weighted by atomic mass is 10.2. The number of nitrogens with one attached hydrogen (secondary N) is 1. The number of hydrogen-bond acceptors (Lipinski definition) is 6. The third-order valence-corrected chi connectivity index (χ3v) is 7.35. The van der Waals surface area contributed by atoms with Gasteiger partial charge in [-0.15, -0.1) is 10.2 Å². The average molecular weight is 431 g/mol. The van der Waals surface area contributed by atoms with Crippen LogP contribution >= 0.6 is 27.3 Å². The van der Waals surface area contributed by atoms with Crippen molar-refractivity contribution in [2.24, 2.45) is 0 Å². The number of halogens is 1. The number of benzene rings is 1. The zero-order valence-corrected chi connectivity index (χ0v) is 16.2. The number of rotatable bonds is 5. The van der Waals surface area contributed by atoms with Crippen LogP contribution < -0.4 is 5.32 Å². The Kier molecular flexibility index (Phi) is 4.73. The Morgan fingerprint density at radius 1 is 1.33 bits per heavy atom. The van der Waals surface area contributed by atoms with E-state index in [-0.39, 0.29) is 10.5 Å². The van der Waals surface area contributed by atoms with E-state index in [1.807, 2.05) is 0 Å². The molecule has 0 aliphatic heterocycles. The zero-order chi connectivity index (χ0) is 17.5. The maximum absolute atomic E-state index is 12.4. The summed E-state index contributed by atoms with van der Waals surface area (Å²) >= 11 is 4.57. The Morgan fingerprint density at radius 2 is 2.04 bits per heavy atom. The van der Waals surface area contributed by atoms with Gasteiger partial charge < -0.3 is 0 Å². The molecular formula is C14H15BrN4O3S2. The molecule has 1 fully saturated rings. The van der Waals surface area contributed by atoms with E-state index in [2.05, 4.69) is 31.4 Å². The van der Waals surface area contributed by atoms with E-state index in [9.17, 15) is 13.2 Å². The minimum absolute atomic E-state index is 0.0380. The number of anilines is 1. The third kappa shape index (κ3) is 3.51. The Labute approximate surface area is 152 Å². The molecule has 1 aliphatic carbocycles. The molecule has 1 heterocycles. The highest BCUT2D eigenvalue weighted by Crippen LogP contribution is 2.42. The van der Waals surface area contributed by atoms with Crippen molar-refractivity contribution < 1.29 is 13.2 Å². The van der Waals surface area contributed by atoms with Gasteiger partial charge in [0, 0.05) is 30.0 Å². The zero-order valence-electron chi connectivity index (χ0n) is 13.0. The highest BCUT2D eigenvalue weighted by atomic mass is 79.9. The molecule has 24 heavy (non-hydrogen) atoms. The van der Waals surface area contributed by atoms with Gasteiger partial charge in [-0.3, -0.25) is 10.1 Å². The molecule has 0 unspecified atom stereocenters. The summed E-state index contributed by atoms with van der Waals surface area (Å²) in [7, 11) is -0.775. The van der Waals surface area contributed by atoms with Crippen LogP contribution in [0.15, 0.2) is 27.6 Å². The fourth-order valence-electron chi connectivity index (χ4n) is 1.99. The van der Waals surface area contributed by atoms with E-state index in [1.165, 1.54) is 31.5 Å². The lowest BCUT2D eigenvalue weighted by molar-refractivity contribution is 0.102. The second kappa shape index (κ2) is 6.51. The molecule has 128 valence electrons. The number of carbonyl (C=O) groups is 1. The number of aromatic nitrogens is 2. The van der Waals surface area contributed by atoms with Crippen LogP contribution in [0.5, 0.6) is 0 Å². The molecule has 0 spiro atoms. The van der Waals surface area contributed by atoms with Crippen LogP contribution in [0.25, 0.3) is 0 Å². The molecule has 2 aromatic rings. The molecule has 0 bridgehead atoms. The van der Waals surface area contributed by atoms with Crippen molar-refractivity contribution >= 4 is 48.3 Å². The summed E-state index contributed by atoms with van der Waals surface area (Å²) in [5.41, 5.74) is 0.238. The largest absolute Gasteiger partial charge is 0.296 e. The fraction of sp³-hybridized carbons (Fsp3) is 0.357. The van der Waals surface area contributed by atoms with Crippen molar-refractivity contribution in [2.75, 3.05) is 19.4 Å². The van der Waals surface area contributed by atoms with Crippen molar-refractivity contribution in [3.63, 3.8) is 0 Å². The van der Waals surface area contributed by atoms with Gasteiger partial charge in [-0.1, -0.05) is 11.3 Å². The normalized spacial score (nSPS) is 14.8. The number of hydrogen-bond donors (Lipinski definition) is 1. The second-order valence-corrected chi connectivity index (χ2v) is 9.59. The van der Waals surface area contributed by atoms with Crippen molar-refractivity contribution in [1.29, 1.82) is 0 Å². The van der Waals surface area contributed by atoms with Gasteiger partial charge in [0.25, 0.3) is 5.91 Å². The van der Waals surface area contributed by atoms with Gasteiger partial charge in [-0.2, -0.15) is 0 Å². The van der Waals surface area contributed by atoms with Gasteiger partial charge in [0.05, 0.1) is 4.90 Å². The maximum atomic E-state index is 12.4.